The lowest BCUT2D eigenvalue weighted by molar-refractivity contribution is -0.137. The highest BCUT2D eigenvalue weighted by atomic mass is 16.5. The molecule has 1 aliphatic rings. The highest BCUT2D eigenvalue weighted by Crippen LogP contribution is 2.21. The Morgan fingerprint density at radius 2 is 2.32 bits per heavy atom. The number of nitrogens with zero attached hydrogens (tertiary/aromatic N) is 4. The lowest BCUT2D eigenvalue weighted by Crippen LogP contribution is -2.48. The number of anilines is 1. The van der Waals surface area contributed by atoms with Crippen LogP contribution in [-0.2, 0) is 16.1 Å². The number of nitrogens with two attached hydrogens (primary N) is 1. The summed E-state index contributed by atoms with van der Waals surface area (Å²) in [6.07, 6.45) is 2.49. The Bertz CT molecular complexity index is 441. The Kier molecular flexibility index (Phi) is 4.01. The Labute approximate surface area is 111 Å². The molecule has 0 atom stereocenters. The van der Waals surface area contributed by atoms with E-state index in [1.165, 1.54) is 15.9 Å². The Morgan fingerprint density at radius 3 is 2.89 bits per heavy atom. The predicted octanol–water partition coefficient (Wildman–Crippen LogP) is -1.14. The molecular weight excluding hydrogens is 250 g/mol. The van der Waals surface area contributed by atoms with E-state index in [1.807, 2.05) is 0 Å². The molecule has 106 valence electrons. The molecule has 0 spiro atoms. The summed E-state index contributed by atoms with van der Waals surface area (Å²) in [5, 5.41) is 14.2. The first-order chi connectivity index (χ1) is 8.98. The normalized spacial score (nSPS) is 18.2. The Balaban J connectivity index is 1.88. The first-order valence-corrected chi connectivity index (χ1v) is 6.17. The second kappa shape index (κ2) is 5.54. The first-order valence-electron chi connectivity index (χ1n) is 6.17. The number of amides is 1. The molecule has 1 aliphatic heterocycles. The van der Waals surface area contributed by atoms with Gasteiger partial charge in [0.2, 0.25) is 11.9 Å². The van der Waals surface area contributed by atoms with Crippen molar-refractivity contribution in [3.05, 3.63) is 6.33 Å². The molecule has 1 saturated heterocycles. The van der Waals surface area contributed by atoms with E-state index < -0.39 is 5.60 Å². The van der Waals surface area contributed by atoms with Gasteiger partial charge in [-0.25, -0.2) is 9.67 Å². The minimum Gasteiger partial charge on any atom is -0.388 e. The average molecular weight is 269 g/mol. The number of rotatable bonds is 4. The molecule has 19 heavy (non-hydrogen) atoms. The maximum absolute atomic E-state index is 12.0. The average Bonchev–Trinajstić information content (AvgIpc) is 2.75. The zero-order valence-corrected chi connectivity index (χ0v) is 10.9. The summed E-state index contributed by atoms with van der Waals surface area (Å²) >= 11 is 0. The van der Waals surface area contributed by atoms with Crippen molar-refractivity contribution in [3.63, 3.8) is 0 Å². The minimum absolute atomic E-state index is 0.0628. The van der Waals surface area contributed by atoms with Crippen LogP contribution in [0, 0.1) is 0 Å². The van der Waals surface area contributed by atoms with Crippen molar-refractivity contribution >= 4 is 11.9 Å². The summed E-state index contributed by atoms with van der Waals surface area (Å²) in [5.41, 5.74) is 4.52. The summed E-state index contributed by atoms with van der Waals surface area (Å²) in [6, 6.07) is 0. The van der Waals surface area contributed by atoms with Crippen molar-refractivity contribution in [2.24, 2.45) is 0 Å². The van der Waals surface area contributed by atoms with Gasteiger partial charge in [-0.15, -0.1) is 5.10 Å². The first kappa shape index (κ1) is 13.8. The van der Waals surface area contributed by atoms with Gasteiger partial charge in [0.15, 0.2) is 0 Å². The van der Waals surface area contributed by atoms with Gasteiger partial charge in [-0.3, -0.25) is 4.79 Å². The standard InChI is InChI=1S/C11H19N5O3/c1-15(7-11(18)2-4-19-5-3-11)9(17)6-16-8-13-10(12)14-16/h8,18H,2-7H2,1H3,(H2,12,14). The Hall–Kier alpha value is -1.67. The molecule has 2 rings (SSSR count). The topological polar surface area (TPSA) is 106 Å². The fourth-order valence-corrected chi connectivity index (χ4v) is 2.08. The van der Waals surface area contributed by atoms with Crippen LogP contribution in [0.1, 0.15) is 12.8 Å². The number of aliphatic hydroxyl groups is 1. The molecule has 0 unspecified atom stereocenters. The number of ether oxygens (including phenoxy) is 1. The second-order valence-electron chi connectivity index (χ2n) is 4.89. The van der Waals surface area contributed by atoms with E-state index >= 15 is 0 Å². The van der Waals surface area contributed by atoms with Crippen LogP contribution in [0.5, 0.6) is 0 Å². The van der Waals surface area contributed by atoms with Crippen LogP contribution in [0.25, 0.3) is 0 Å². The molecule has 0 radical (unpaired) electrons. The second-order valence-corrected chi connectivity index (χ2v) is 4.89. The number of aromatic nitrogens is 3. The van der Waals surface area contributed by atoms with Gasteiger partial charge in [0.1, 0.15) is 12.9 Å². The fourth-order valence-electron chi connectivity index (χ4n) is 2.08. The quantitative estimate of drug-likeness (QED) is 0.715. The van der Waals surface area contributed by atoms with Gasteiger partial charge in [-0.2, -0.15) is 0 Å². The van der Waals surface area contributed by atoms with E-state index in [9.17, 15) is 9.90 Å². The summed E-state index contributed by atoms with van der Waals surface area (Å²) < 4.78 is 6.58. The van der Waals surface area contributed by atoms with Crippen molar-refractivity contribution < 1.29 is 14.6 Å². The molecule has 0 bridgehead atoms. The van der Waals surface area contributed by atoms with Gasteiger partial charge in [0, 0.05) is 39.6 Å². The maximum atomic E-state index is 12.0. The number of hydrogen-bond donors (Lipinski definition) is 2. The van der Waals surface area contributed by atoms with Gasteiger partial charge in [0.05, 0.1) is 5.60 Å². The molecule has 8 heteroatoms. The predicted molar refractivity (Wildman–Crippen MR) is 67.1 cm³/mol. The molecule has 3 N–H and O–H groups in total. The van der Waals surface area contributed by atoms with Crippen LogP contribution in [0.15, 0.2) is 6.33 Å². The number of carbonyl (C=O) groups excluding carboxylic acids is 1. The van der Waals surface area contributed by atoms with Crippen molar-refractivity contribution in [1.29, 1.82) is 0 Å². The van der Waals surface area contributed by atoms with Crippen LogP contribution in [-0.4, -0.2) is 63.1 Å². The molecule has 1 aromatic rings. The monoisotopic (exact) mass is 269 g/mol. The molecule has 1 amide bonds. The fraction of sp³-hybridized carbons (Fsp3) is 0.727. The summed E-state index contributed by atoms with van der Waals surface area (Å²) in [4.78, 5) is 17.2. The Morgan fingerprint density at radius 1 is 1.63 bits per heavy atom. The molecule has 1 aromatic heterocycles. The minimum atomic E-state index is -0.857. The van der Waals surface area contributed by atoms with Crippen LogP contribution in [0.3, 0.4) is 0 Å². The van der Waals surface area contributed by atoms with E-state index in [0.29, 0.717) is 32.6 Å². The maximum Gasteiger partial charge on any atom is 0.244 e. The van der Waals surface area contributed by atoms with Gasteiger partial charge < -0.3 is 20.5 Å². The van der Waals surface area contributed by atoms with Crippen LogP contribution in [0.2, 0.25) is 0 Å². The van der Waals surface area contributed by atoms with Gasteiger partial charge >= 0.3 is 0 Å². The molecular formula is C11H19N5O3. The summed E-state index contributed by atoms with van der Waals surface area (Å²) in [6.45, 7) is 1.41. The molecule has 8 nitrogen and oxygen atoms in total. The third-order valence-electron chi connectivity index (χ3n) is 3.23. The highest BCUT2D eigenvalue weighted by Gasteiger charge is 2.32. The van der Waals surface area contributed by atoms with Crippen molar-refractivity contribution in [2.45, 2.75) is 25.0 Å². The van der Waals surface area contributed by atoms with E-state index in [1.54, 1.807) is 7.05 Å². The van der Waals surface area contributed by atoms with Crippen LogP contribution >= 0.6 is 0 Å². The lowest BCUT2D eigenvalue weighted by atomic mass is 9.94. The summed E-state index contributed by atoms with van der Waals surface area (Å²) in [7, 11) is 1.66. The highest BCUT2D eigenvalue weighted by molar-refractivity contribution is 5.75. The van der Waals surface area contributed by atoms with Crippen molar-refractivity contribution in [1.82, 2.24) is 19.7 Å². The van der Waals surface area contributed by atoms with E-state index in [4.69, 9.17) is 10.5 Å². The SMILES string of the molecule is CN(CC1(O)CCOCC1)C(=O)Cn1cnc(N)n1. The van der Waals surface area contributed by atoms with Gasteiger partial charge in [0.25, 0.3) is 0 Å². The zero-order chi connectivity index (χ0) is 13.9. The third-order valence-corrected chi connectivity index (χ3v) is 3.23. The van der Waals surface area contributed by atoms with Crippen molar-refractivity contribution in [2.75, 3.05) is 32.5 Å². The lowest BCUT2D eigenvalue weighted by Gasteiger charge is -2.35. The van der Waals surface area contributed by atoms with Gasteiger partial charge in [-0.1, -0.05) is 0 Å². The largest absolute Gasteiger partial charge is 0.388 e. The molecule has 0 aromatic carbocycles. The van der Waals surface area contributed by atoms with E-state index in [0.717, 1.165) is 0 Å². The number of nitrogen functional groups attached to an aromatic ring is 1. The summed E-state index contributed by atoms with van der Waals surface area (Å²) in [5.74, 6) is -0.0108. The van der Waals surface area contributed by atoms with Crippen molar-refractivity contribution in [3.8, 4) is 0 Å². The van der Waals surface area contributed by atoms with E-state index in [-0.39, 0.29) is 18.4 Å². The number of hydrogen-bond acceptors (Lipinski definition) is 6. The zero-order valence-electron chi connectivity index (χ0n) is 10.9. The molecule has 0 saturated carbocycles. The molecule has 1 fully saturated rings. The van der Waals surface area contributed by atoms with E-state index in [2.05, 4.69) is 10.1 Å². The molecule has 0 aliphatic carbocycles. The van der Waals surface area contributed by atoms with Gasteiger partial charge in [-0.05, 0) is 0 Å². The molecule has 2 heterocycles. The number of likely N-dealkylation sites (N-methyl/N-ethyl adjacent to an activating group) is 1. The van der Waals surface area contributed by atoms with Crippen LogP contribution in [0.4, 0.5) is 5.95 Å². The van der Waals surface area contributed by atoms with Crippen LogP contribution < -0.4 is 5.73 Å². The smallest absolute Gasteiger partial charge is 0.244 e. The number of carbonyl (C=O) groups is 1. The third kappa shape index (κ3) is 3.65.